The molecule has 1 aromatic rings. The summed E-state index contributed by atoms with van der Waals surface area (Å²) >= 11 is 0. The van der Waals surface area contributed by atoms with Gasteiger partial charge in [0.1, 0.15) is 5.70 Å². The first-order valence-electron chi connectivity index (χ1n) is 9.51. The van der Waals surface area contributed by atoms with Gasteiger partial charge in [0.25, 0.3) is 15.9 Å². The van der Waals surface area contributed by atoms with Gasteiger partial charge in [-0.15, -0.1) is 0 Å². The minimum atomic E-state index is -3.86. The molecule has 0 saturated carbocycles. The number of allylic oxidation sites excluding steroid dienone is 5. The van der Waals surface area contributed by atoms with E-state index in [9.17, 15) is 13.2 Å². The van der Waals surface area contributed by atoms with Crippen LogP contribution >= 0.6 is 0 Å². The summed E-state index contributed by atoms with van der Waals surface area (Å²) in [4.78, 5) is 16.8. The lowest BCUT2D eigenvalue weighted by Gasteiger charge is -2.17. The Labute approximate surface area is 167 Å². The van der Waals surface area contributed by atoms with Gasteiger partial charge in [-0.05, 0) is 56.7 Å². The highest BCUT2D eigenvalue weighted by atomic mass is 32.2. The van der Waals surface area contributed by atoms with E-state index >= 15 is 0 Å². The number of benzene rings is 1. The van der Waals surface area contributed by atoms with Crippen molar-refractivity contribution >= 4 is 22.1 Å². The monoisotopic (exact) mass is 398 g/mol. The number of nitrogens with one attached hydrogen (secondary N) is 1. The van der Waals surface area contributed by atoms with Crippen LogP contribution in [0, 0.1) is 25.7 Å². The van der Waals surface area contributed by atoms with E-state index in [1.165, 1.54) is 16.7 Å². The fraction of sp³-hybridized carbons (Fsp3) is 0.364. The van der Waals surface area contributed by atoms with Crippen molar-refractivity contribution in [1.29, 1.82) is 0 Å². The van der Waals surface area contributed by atoms with E-state index in [0.29, 0.717) is 6.42 Å². The highest BCUT2D eigenvalue weighted by Gasteiger charge is 2.28. The number of hydrogen-bond donors (Lipinski definition) is 1. The molecule has 0 radical (unpaired) electrons. The SMILES string of the molecule is Cc1cc(C)cc(CCC2C=NC(C(=O)NS(=O)(=O)C3=CC=CCC3C)=C2)c1. The molecule has 1 N–H and O–H groups in total. The molecule has 5 nitrogen and oxygen atoms in total. The average Bonchev–Trinajstić information content (AvgIpc) is 3.08. The van der Waals surface area contributed by atoms with Crippen molar-refractivity contribution in [3.05, 3.63) is 69.8 Å². The summed E-state index contributed by atoms with van der Waals surface area (Å²) in [5, 5.41) is 0. The Balaban J connectivity index is 1.62. The fourth-order valence-corrected chi connectivity index (χ4v) is 4.97. The van der Waals surface area contributed by atoms with Crippen LogP contribution in [-0.4, -0.2) is 20.5 Å². The summed E-state index contributed by atoms with van der Waals surface area (Å²) in [6, 6.07) is 6.47. The minimum Gasteiger partial charge on any atom is -0.266 e. The standard InChI is InChI=1S/C22H26N2O3S/c1-15-10-16(2)12-18(11-15)8-9-19-13-20(23-14-19)22(25)24-28(26,27)21-7-5-4-6-17(21)3/h4-5,7,10-14,17,19H,6,8-9H2,1-3H3,(H,24,25). The second kappa shape index (κ2) is 8.27. The van der Waals surface area contributed by atoms with Gasteiger partial charge in [-0.25, -0.2) is 13.1 Å². The third-order valence-corrected chi connectivity index (χ3v) is 6.58. The molecule has 1 aliphatic carbocycles. The Bertz CT molecular complexity index is 980. The molecule has 0 aromatic heterocycles. The molecule has 1 aliphatic heterocycles. The van der Waals surface area contributed by atoms with Crippen molar-refractivity contribution in [3.63, 3.8) is 0 Å². The molecule has 1 amide bonds. The number of sulfonamides is 1. The molecule has 2 unspecified atom stereocenters. The average molecular weight is 399 g/mol. The number of carbonyl (C=O) groups excluding carboxylic acids is 1. The van der Waals surface area contributed by atoms with Gasteiger partial charge in [0.05, 0.1) is 4.91 Å². The van der Waals surface area contributed by atoms with Gasteiger partial charge in [0, 0.05) is 12.1 Å². The summed E-state index contributed by atoms with van der Waals surface area (Å²) in [5.41, 5.74) is 3.88. The van der Waals surface area contributed by atoms with Gasteiger partial charge in [-0.3, -0.25) is 9.79 Å². The predicted molar refractivity (Wildman–Crippen MR) is 112 cm³/mol. The molecule has 0 fully saturated rings. The lowest BCUT2D eigenvalue weighted by atomic mass is 9.98. The van der Waals surface area contributed by atoms with E-state index in [2.05, 4.69) is 41.8 Å². The van der Waals surface area contributed by atoms with Crippen LogP contribution < -0.4 is 4.72 Å². The van der Waals surface area contributed by atoms with Crippen LogP contribution in [0.5, 0.6) is 0 Å². The van der Waals surface area contributed by atoms with E-state index in [1.807, 2.05) is 13.0 Å². The van der Waals surface area contributed by atoms with Crippen LogP contribution in [0.3, 0.4) is 0 Å². The normalized spacial score (nSPS) is 21.4. The van der Waals surface area contributed by atoms with Gasteiger partial charge in [-0.2, -0.15) is 0 Å². The van der Waals surface area contributed by atoms with E-state index in [1.54, 1.807) is 24.4 Å². The third kappa shape index (κ3) is 4.87. The highest BCUT2D eigenvalue weighted by molar-refractivity contribution is 7.94. The molecule has 148 valence electrons. The Kier molecular flexibility index (Phi) is 5.98. The molecule has 6 heteroatoms. The molecule has 1 heterocycles. The first-order chi connectivity index (χ1) is 13.2. The second-order valence-electron chi connectivity index (χ2n) is 7.60. The number of hydrogen-bond acceptors (Lipinski definition) is 4. The van der Waals surface area contributed by atoms with Gasteiger partial charge in [-0.1, -0.05) is 48.4 Å². The van der Waals surface area contributed by atoms with E-state index in [4.69, 9.17) is 0 Å². The number of amides is 1. The van der Waals surface area contributed by atoms with Gasteiger partial charge in [0.2, 0.25) is 0 Å². The fourth-order valence-electron chi connectivity index (χ4n) is 3.62. The number of carbonyl (C=O) groups is 1. The van der Waals surface area contributed by atoms with Crippen molar-refractivity contribution in [1.82, 2.24) is 4.72 Å². The second-order valence-corrected chi connectivity index (χ2v) is 9.28. The van der Waals surface area contributed by atoms with Gasteiger partial charge in [0.15, 0.2) is 0 Å². The van der Waals surface area contributed by atoms with Crippen LogP contribution in [0.25, 0.3) is 0 Å². The maximum absolute atomic E-state index is 12.5. The summed E-state index contributed by atoms with van der Waals surface area (Å²) in [7, 11) is -3.86. The van der Waals surface area contributed by atoms with Crippen LogP contribution in [0.2, 0.25) is 0 Å². The lowest BCUT2D eigenvalue weighted by molar-refractivity contribution is -0.115. The zero-order valence-electron chi connectivity index (χ0n) is 16.5. The maximum Gasteiger partial charge on any atom is 0.283 e. The molecule has 0 saturated heterocycles. The molecule has 0 spiro atoms. The smallest absolute Gasteiger partial charge is 0.266 e. The van der Waals surface area contributed by atoms with Crippen molar-refractivity contribution in [3.8, 4) is 0 Å². The predicted octanol–water partition coefficient (Wildman–Crippen LogP) is 3.75. The Morgan fingerprint density at radius 3 is 2.61 bits per heavy atom. The molecule has 1 aromatic carbocycles. The number of nitrogens with zero attached hydrogens (tertiary/aromatic N) is 1. The number of aliphatic imine (C=N–C) groups is 1. The molecular formula is C22H26N2O3S. The quantitative estimate of drug-likeness (QED) is 0.793. The van der Waals surface area contributed by atoms with Crippen LogP contribution in [0.1, 0.15) is 36.5 Å². The molecule has 2 aliphatic rings. The zero-order chi connectivity index (χ0) is 20.3. The summed E-state index contributed by atoms with van der Waals surface area (Å²) in [6.07, 6.45) is 11.0. The van der Waals surface area contributed by atoms with Crippen molar-refractivity contribution in [2.45, 2.75) is 40.0 Å². The maximum atomic E-state index is 12.5. The van der Waals surface area contributed by atoms with Crippen LogP contribution in [0.4, 0.5) is 0 Å². The van der Waals surface area contributed by atoms with Gasteiger partial charge < -0.3 is 0 Å². The summed E-state index contributed by atoms with van der Waals surface area (Å²) in [5.74, 6) is -0.797. The lowest BCUT2D eigenvalue weighted by Crippen LogP contribution is -2.34. The van der Waals surface area contributed by atoms with Gasteiger partial charge >= 0.3 is 0 Å². The zero-order valence-corrected chi connectivity index (χ0v) is 17.3. The largest absolute Gasteiger partial charge is 0.283 e. The Morgan fingerprint density at radius 1 is 1.21 bits per heavy atom. The van der Waals surface area contributed by atoms with E-state index < -0.39 is 15.9 Å². The van der Waals surface area contributed by atoms with E-state index in [0.717, 1.165) is 12.8 Å². The number of rotatable bonds is 6. The van der Waals surface area contributed by atoms with E-state index in [-0.39, 0.29) is 22.4 Å². The van der Waals surface area contributed by atoms with Crippen molar-refractivity contribution < 1.29 is 13.2 Å². The van der Waals surface area contributed by atoms with Crippen LogP contribution in [0.15, 0.2) is 58.1 Å². The molecule has 28 heavy (non-hydrogen) atoms. The molecular weight excluding hydrogens is 372 g/mol. The minimum absolute atomic E-state index is 0.0278. The van der Waals surface area contributed by atoms with Crippen molar-refractivity contribution in [2.24, 2.45) is 16.8 Å². The Morgan fingerprint density at radius 2 is 1.93 bits per heavy atom. The molecule has 0 bridgehead atoms. The summed E-state index contributed by atoms with van der Waals surface area (Å²) < 4.78 is 27.2. The molecule has 3 rings (SSSR count). The third-order valence-electron chi connectivity index (χ3n) is 4.97. The topological polar surface area (TPSA) is 75.6 Å². The molecule has 2 atom stereocenters. The van der Waals surface area contributed by atoms with Crippen molar-refractivity contribution in [2.75, 3.05) is 0 Å². The van der Waals surface area contributed by atoms with Crippen LogP contribution in [-0.2, 0) is 21.2 Å². The first-order valence-corrected chi connectivity index (χ1v) is 11.0. The highest BCUT2D eigenvalue weighted by Crippen LogP contribution is 2.25. The number of aryl methyl sites for hydroxylation is 3. The summed E-state index contributed by atoms with van der Waals surface area (Å²) in [6.45, 7) is 5.98. The Hall–Kier alpha value is -2.47. The first kappa shape index (κ1) is 20.3.